The zero-order valence-electron chi connectivity index (χ0n) is 86.3. The lowest BCUT2D eigenvalue weighted by Gasteiger charge is -2.30. The molecule has 0 spiro atoms. The Kier molecular flexibility index (Phi) is 29.3. The van der Waals surface area contributed by atoms with Crippen LogP contribution < -0.4 is 34.3 Å². The van der Waals surface area contributed by atoms with E-state index in [1.807, 2.05) is 49.5 Å². The van der Waals surface area contributed by atoms with Crippen molar-refractivity contribution < 1.29 is 63.7 Å². The van der Waals surface area contributed by atoms with E-state index in [9.17, 15) is 59.0 Å². The standard InChI is InChI=1S/C37H45F3N8O.C37H46F3N7O2.C35H42F3N7O2/c1-23-13-27(15-29(14-23)37(38,39)40)21-46(35-41-17-30(18-42-35)47-12-6-7-32(47)49)22-28-16-31-24(2)44-48(36(3,4)5)34(31)43-33(28)45(19-25-8-9-25)20-26-10-11-26;1-8-49-34(48)31-17-41-35(42-23(31)3)46(20-27-13-22(2)14-29(15-27)37(38,39)40)21-28-16-30-24(4)44-47(36(5,6)7)33(30)43-32(28)45(18-25-9-10-25)19-26-11-12-26;1-20-11-25(13-27(12-20)35(36,37)38)18-44(33-39-15-29(32(46)47)21(2)40-33)19-26-14-28-22(3)42-45(34(4,5)6)31(28)41-30(26)43(16-23-7-8-23)17-24-9-10-24/h13-18,25-26H,6-12,19-22H2,1-5H3;13-17,25-26H,8-12,18-21H2,1-7H3;11-15,23-24H,7-10,16-19H2,1-6H3,(H,46,47). The second-order valence-corrected chi connectivity index (χ2v) is 44.3. The van der Waals surface area contributed by atoms with Crippen LogP contribution in [0.5, 0.6) is 0 Å². The van der Waals surface area contributed by atoms with Gasteiger partial charge in [0.05, 0.1) is 97.6 Å². The maximum absolute atomic E-state index is 13.9. The molecular weight excluding hydrogens is 1870 g/mol. The molecule has 19 rings (SSSR count). The summed E-state index contributed by atoms with van der Waals surface area (Å²) in [6.45, 7) is 42.4. The lowest BCUT2D eigenvalue weighted by molar-refractivity contribution is -0.138. The SMILES string of the molecule is CCOC(=O)c1cnc(N(Cc2cc(C)cc(C(F)(F)F)c2)Cc2cc3c(C)nn(C(C)(C)C)c3nc2N(CC2CC2)CC2CC2)nc1C.Cc1cc(CN(Cc2cc3c(C)nn(C(C)(C)C)c3nc2N(CC2CC2)CC2CC2)c2ncc(C(=O)O)c(C)n2)cc(C(F)(F)F)c1.Cc1cc(CN(Cc2cc3c(C)nn(C(C)(C)C)c3nc2N(CC2CC2)CC2CC2)c2ncc(N3CCCC3=O)cn2)cc(C(F)(F)F)c1. The summed E-state index contributed by atoms with van der Waals surface area (Å²) in [6, 6.07) is 18.7. The third kappa shape index (κ3) is 25.4. The summed E-state index contributed by atoms with van der Waals surface area (Å²) < 4.78 is 136. The molecule has 27 nitrogen and oxygen atoms in total. The first-order chi connectivity index (χ1) is 68.4. The summed E-state index contributed by atoms with van der Waals surface area (Å²) >= 11 is 0. The number of alkyl halides is 9. The number of benzene rings is 3. The van der Waals surface area contributed by atoms with Crippen LogP contribution >= 0.6 is 0 Å². The van der Waals surface area contributed by atoms with Crippen LogP contribution in [-0.4, -0.2) is 150 Å². The minimum absolute atomic E-state index is 0.0300. The number of amides is 1. The number of fused-ring (bicyclic) bond motifs is 3. The molecule has 0 bridgehead atoms. The van der Waals surface area contributed by atoms with E-state index in [2.05, 4.69) is 110 Å². The van der Waals surface area contributed by atoms with E-state index >= 15 is 0 Å². The van der Waals surface area contributed by atoms with Gasteiger partial charge in [-0.05, 0) is 315 Å². The summed E-state index contributed by atoms with van der Waals surface area (Å²) in [5.74, 6) is 5.55. The molecule has 1 saturated heterocycles. The molecule has 772 valence electrons. The number of aryl methyl sites for hydroxylation is 8. The minimum atomic E-state index is -4.50. The van der Waals surface area contributed by atoms with Crippen LogP contribution in [0.3, 0.4) is 0 Å². The molecule has 1 N–H and O–H groups in total. The first-order valence-corrected chi connectivity index (χ1v) is 50.8. The van der Waals surface area contributed by atoms with Gasteiger partial charge in [-0.3, -0.25) is 4.79 Å². The Hall–Kier alpha value is -12.7. The van der Waals surface area contributed by atoms with Crippen LogP contribution in [0.4, 0.5) is 80.5 Å². The van der Waals surface area contributed by atoms with Gasteiger partial charge in [0.2, 0.25) is 23.8 Å². The smallest absolute Gasteiger partial charge is 0.416 e. The molecule has 36 heteroatoms. The molecule has 0 radical (unpaired) electrons. The van der Waals surface area contributed by atoms with E-state index in [0.29, 0.717) is 112 Å². The van der Waals surface area contributed by atoms with E-state index in [0.717, 1.165) is 148 Å². The van der Waals surface area contributed by atoms with Crippen molar-refractivity contribution in [3.63, 3.8) is 0 Å². The van der Waals surface area contributed by atoms with Gasteiger partial charge in [-0.1, -0.05) is 34.9 Å². The number of esters is 1. The van der Waals surface area contributed by atoms with E-state index in [-0.39, 0.29) is 84.6 Å². The van der Waals surface area contributed by atoms with Gasteiger partial charge in [0.25, 0.3) is 0 Å². The van der Waals surface area contributed by atoms with Gasteiger partial charge in [0.15, 0.2) is 16.9 Å². The second kappa shape index (κ2) is 41.0. The van der Waals surface area contributed by atoms with Gasteiger partial charge in [-0.15, -0.1) is 0 Å². The number of pyridine rings is 3. The number of aromatic carboxylic acids is 1. The molecule has 6 saturated carbocycles. The summed E-state index contributed by atoms with van der Waals surface area (Å²) in [5.41, 5.74) is 9.27. The highest BCUT2D eigenvalue weighted by Crippen LogP contribution is 2.46. The van der Waals surface area contributed by atoms with Gasteiger partial charge in [0, 0.05) is 137 Å². The highest BCUT2D eigenvalue weighted by Gasteiger charge is 2.41. The number of ether oxygens (including phenoxy) is 1. The average molecular weight is 2000 g/mol. The molecule has 12 aromatic rings. The maximum Gasteiger partial charge on any atom is 0.416 e. The Balaban J connectivity index is 0.000000149. The molecule has 7 aliphatic rings. The molecule has 10 heterocycles. The van der Waals surface area contributed by atoms with E-state index in [4.69, 9.17) is 49.9 Å². The highest BCUT2D eigenvalue weighted by atomic mass is 19.4. The average Bonchev–Trinajstić information content (AvgIpc) is 1.61. The van der Waals surface area contributed by atoms with Crippen LogP contribution in [0, 0.1) is 90.9 Å². The summed E-state index contributed by atoms with van der Waals surface area (Å²) in [6.07, 6.45) is 8.13. The van der Waals surface area contributed by atoms with Crippen LogP contribution in [-0.2, 0) is 83.9 Å². The molecule has 145 heavy (non-hydrogen) atoms. The number of carboxylic acids is 1. The fraction of sp³-hybridized carbons (Fsp3) is 0.532. The number of carbonyl (C=O) groups excluding carboxylic acids is 2. The molecule has 0 atom stereocenters. The summed E-state index contributed by atoms with van der Waals surface area (Å²) in [5, 5.41) is 27.1. The zero-order valence-corrected chi connectivity index (χ0v) is 86.3. The Bertz CT molecular complexity index is 6770. The fourth-order valence-corrected chi connectivity index (χ4v) is 19.2. The summed E-state index contributed by atoms with van der Waals surface area (Å²) in [4.78, 5) is 95.1. The Morgan fingerprint density at radius 2 is 0.676 bits per heavy atom. The van der Waals surface area contributed by atoms with Gasteiger partial charge in [-0.2, -0.15) is 54.8 Å². The number of nitrogens with zero attached hydrogens (tertiary/aromatic N) is 22. The number of anilines is 7. The highest BCUT2D eigenvalue weighted by molar-refractivity contribution is 5.95. The third-order valence-electron chi connectivity index (χ3n) is 27.7. The maximum atomic E-state index is 13.9. The molecule has 7 fully saturated rings. The van der Waals surface area contributed by atoms with Crippen LogP contribution in [0.2, 0.25) is 0 Å². The van der Waals surface area contributed by atoms with E-state index in [1.54, 1.807) is 77.0 Å². The lowest BCUT2D eigenvalue weighted by atomic mass is 10.0. The van der Waals surface area contributed by atoms with Gasteiger partial charge in [-0.25, -0.2) is 68.5 Å². The third-order valence-corrected chi connectivity index (χ3v) is 27.7. The Morgan fingerprint density at radius 3 is 0.938 bits per heavy atom. The van der Waals surface area contributed by atoms with Crippen molar-refractivity contribution in [3.05, 3.63) is 204 Å². The molecular formula is C109H133F9N22O5. The number of hydrogen-bond donors (Lipinski definition) is 1. The monoisotopic (exact) mass is 2000 g/mol. The number of hydrogen-bond acceptors (Lipinski definition) is 22. The first-order valence-electron chi connectivity index (χ1n) is 50.8. The number of carboxylic acid groups (broad SMARTS) is 1. The van der Waals surface area contributed by atoms with Gasteiger partial charge >= 0.3 is 30.5 Å². The number of rotatable bonds is 34. The Morgan fingerprint density at radius 1 is 0.379 bits per heavy atom. The molecule has 6 aliphatic carbocycles. The second-order valence-electron chi connectivity index (χ2n) is 44.3. The quantitative estimate of drug-likeness (QED) is 0.0290. The van der Waals surface area contributed by atoms with Crippen LogP contribution in [0.15, 0.2) is 97.6 Å². The van der Waals surface area contributed by atoms with Crippen molar-refractivity contribution >= 4 is 91.9 Å². The lowest BCUT2D eigenvalue weighted by Crippen LogP contribution is -2.32. The van der Waals surface area contributed by atoms with E-state index in [1.165, 1.54) is 108 Å². The van der Waals surface area contributed by atoms with Gasteiger partial charge < -0.3 is 44.1 Å². The van der Waals surface area contributed by atoms with E-state index < -0.39 is 47.2 Å². The van der Waals surface area contributed by atoms with Crippen molar-refractivity contribution in [2.75, 3.05) is 86.7 Å². The molecule has 9 aromatic heterocycles. The molecule has 0 unspecified atom stereocenters. The van der Waals surface area contributed by atoms with Crippen molar-refractivity contribution in [1.82, 2.24) is 74.2 Å². The molecule has 3 aromatic carbocycles. The molecule has 1 amide bonds. The zero-order chi connectivity index (χ0) is 104. The fourth-order valence-electron chi connectivity index (χ4n) is 19.2. The number of aromatic nitrogens is 15. The normalized spacial score (nSPS) is 15.8. The van der Waals surface area contributed by atoms with Crippen molar-refractivity contribution in [2.45, 2.75) is 289 Å². The summed E-state index contributed by atoms with van der Waals surface area (Å²) in [7, 11) is 0. The van der Waals surface area contributed by atoms with Crippen molar-refractivity contribution in [1.29, 1.82) is 0 Å². The number of carbonyl (C=O) groups is 3. The largest absolute Gasteiger partial charge is 0.478 e. The van der Waals surface area contributed by atoms with Gasteiger partial charge in [0.1, 0.15) is 17.5 Å². The van der Waals surface area contributed by atoms with Crippen LogP contribution in [0.25, 0.3) is 33.1 Å². The topological polar surface area (TPSA) is 273 Å². The van der Waals surface area contributed by atoms with Crippen molar-refractivity contribution in [3.8, 4) is 0 Å². The number of halogens is 9. The van der Waals surface area contributed by atoms with Crippen molar-refractivity contribution in [2.24, 2.45) is 35.5 Å². The molecule has 1 aliphatic heterocycles. The predicted octanol–water partition coefficient (Wildman–Crippen LogP) is 23.0. The Labute approximate surface area is 840 Å². The first kappa shape index (κ1) is 104. The predicted molar refractivity (Wildman–Crippen MR) is 543 cm³/mol. The van der Waals surface area contributed by atoms with Crippen LogP contribution in [0.1, 0.15) is 275 Å². The minimum Gasteiger partial charge on any atom is -0.478 e.